The summed E-state index contributed by atoms with van der Waals surface area (Å²) in [7, 11) is 0. The standard InChI is InChI=1S/C25H26N2O/c28-24-23(18-10-11-19-26-24)27-25(20-12-4-1-5-13-20,21-14-6-2-7-15-21)22-16-8-3-9-17-22/h1-9,12-17,23,27H,10-11,18-19H2,(H,26,28)/t23-/m0/s1. The van der Waals surface area contributed by atoms with Crippen LogP contribution in [0.1, 0.15) is 36.0 Å². The topological polar surface area (TPSA) is 41.1 Å². The predicted octanol–water partition coefficient (Wildman–Crippen LogP) is 4.24. The second-order valence-corrected chi connectivity index (χ2v) is 7.33. The Hall–Kier alpha value is -2.91. The van der Waals surface area contributed by atoms with Crippen LogP contribution in [0.5, 0.6) is 0 Å². The molecule has 1 aliphatic heterocycles. The van der Waals surface area contributed by atoms with Crippen molar-refractivity contribution in [3.05, 3.63) is 108 Å². The van der Waals surface area contributed by atoms with E-state index >= 15 is 0 Å². The van der Waals surface area contributed by atoms with E-state index in [9.17, 15) is 4.79 Å². The first-order valence-corrected chi connectivity index (χ1v) is 10.0. The fraction of sp³-hybridized carbons (Fsp3) is 0.240. The van der Waals surface area contributed by atoms with Crippen LogP contribution in [-0.2, 0) is 10.3 Å². The predicted molar refractivity (Wildman–Crippen MR) is 113 cm³/mol. The number of rotatable bonds is 5. The largest absolute Gasteiger partial charge is 0.355 e. The molecular formula is C25H26N2O. The molecule has 1 heterocycles. The third-order valence-corrected chi connectivity index (χ3v) is 5.55. The van der Waals surface area contributed by atoms with Gasteiger partial charge >= 0.3 is 0 Å². The fourth-order valence-corrected chi connectivity index (χ4v) is 4.15. The quantitative estimate of drug-likeness (QED) is 0.660. The molecule has 1 atom stereocenters. The van der Waals surface area contributed by atoms with Gasteiger partial charge in [-0.3, -0.25) is 10.1 Å². The van der Waals surface area contributed by atoms with Crippen LogP contribution in [0.4, 0.5) is 0 Å². The van der Waals surface area contributed by atoms with Gasteiger partial charge < -0.3 is 5.32 Å². The van der Waals surface area contributed by atoms with Gasteiger partial charge in [0.25, 0.3) is 0 Å². The van der Waals surface area contributed by atoms with Crippen LogP contribution in [0.2, 0.25) is 0 Å². The SMILES string of the molecule is O=C1NCCCC[C@@H]1NC(c1ccccc1)(c1ccccc1)c1ccccc1. The van der Waals surface area contributed by atoms with E-state index in [4.69, 9.17) is 0 Å². The molecule has 0 spiro atoms. The highest BCUT2D eigenvalue weighted by Gasteiger charge is 2.39. The maximum absolute atomic E-state index is 12.8. The molecule has 1 amide bonds. The van der Waals surface area contributed by atoms with Crippen LogP contribution in [0.3, 0.4) is 0 Å². The maximum Gasteiger partial charge on any atom is 0.237 e. The van der Waals surface area contributed by atoms with E-state index in [1.807, 2.05) is 18.2 Å². The number of carbonyl (C=O) groups excluding carboxylic acids is 1. The molecule has 142 valence electrons. The molecule has 2 N–H and O–H groups in total. The lowest BCUT2D eigenvalue weighted by atomic mass is 9.76. The lowest BCUT2D eigenvalue weighted by Crippen LogP contribution is -2.54. The number of hydrogen-bond acceptors (Lipinski definition) is 2. The first-order chi connectivity index (χ1) is 13.8. The molecule has 1 aliphatic rings. The van der Waals surface area contributed by atoms with Crippen molar-refractivity contribution in [2.75, 3.05) is 6.54 Å². The number of nitrogens with one attached hydrogen (secondary N) is 2. The van der Waals surface area contributed by atoms with E-state index in [0.717, 1.165) is 42.5 Å². The molecule has 0 unspecified atom stereocenters. The number of carbonyl (C=O) groups is 1. The summed E-state index contributed by atoms with van der Waals surface area (Å²) in [6.45, 7) is 0.756. The average Bonchev–Trinajstić information content (AvgIpc) is 2.98. The molecule has 1 saturated heterocycles. The van der Waals surface area contributed by atoms with E-state index in [1.165, 1.54) is 0 Å². The lowest BCUT2D eigenvalue weighted by Gasteiger charge is -2.39. The van der Waals surface area contributed by atoms with Gasteiger partial charge in [0, 0.05) is 6.54 Å². The number of amides is 1. The molecule has 3 heteroatoms. The summed E-state index contributed by atoms with van der Waals surface area (Å²) < 4.78 is 0. The highest BCUT2D eigenvalue weighted by molar-refractivity contribution is 5.82. The Morgan fingerprint density at radius 2 is 1.18 bits per heavy atom. The minimum Gasteiger partial charge on any atom is -0.355 e. The molecular weight excluding hydrogens is 344 g/mol. The van der Waals surface area contributed by atoms with Crippen LogP contribution >= 0.6 is 0 Å². The Morgan fingerprint density at radius 3 is 1.64 bits per heavy atom. The fourth-order valence-electron chi connectivity index (χ4n) is 4.15. The Balaban J connectivity index is 1.91. The smallest absolute Gasteiger partial charge is 0.237 e. The molecule has 0 bridgehead atoms. The summed E-state index contributed by atoms with van der Waals surface area (Å²) >= 11 is 0. The van der Waals surface area contributed by atoms with Gasteiger partial charge in [-0.2, -0.15) is 0 Å². The van der Waals surface area contributed by atoms with Crippen molar-refractivity contribution in [3.63, 3.8) is 0 Å². The Bertz CT molecular complexity index is 797. The Labute approximate surface area is 166 Å². The molecule has 0 aromatic heterocycles. The highest BCUT2D eigenvalue weighted by Crippen LogP contribution is 2.37. The van der Waals surface area contributed by atoms with Crippen LogP contribution < -0.4 is 10.6 Å². The first-order valence-electron chi connectivity index (χ1n) is 10.0. The molecule has 4 rings (SSSR count). The molecule has 3 nitrogen and oxygen atoms in total. The monoisotopic (exact) mass is 370 g/mol. The van der Waals surface area contributed by atoms with Crippen LogP contribution in [0.25, 0.3) is 0 Å². The molecule has 0 radical (unpaired) electrons. The summed E-state index contributed by atoms with van der Waals surface area (Å²) in [5.41, 5.74) is 2.79. The Morgan fingerprint density at radius 1 is 0.714 bits per heavy atom. The third kappa shape index (κ3) is 3.58. The van der Waals surface area contributed by atoms with Gasteiger partial charge in [-0.05, 0) is 36.0 Å². The van der Waals surface area contributed by atoms with E-state index in [0.29, 0.717) is 0 Å². The van der Waals surface area contributed by atoms with Gasteiger partial charge in [0.15, 0.2) is 0 Å². The van der Waals surface area contributed by atoms with Crippen molar-refractivity contribution >= 4 is 5.91 Å². The normalized spacial score (nSPS) is 17.6. The van der Waals surface area contributed by atoms with E-state index in [-0.39, 0.29) is 11.9 Å². The summed E-state index contributed by atoms with van der Waals surface area (Å²) in [6.07, 6.45) is 2.89. The van der Waals surface area contributed by atoms with Crippen molar-refractivity contribution in [2.24, 2.45) is 0 Å². The van der Waals surface area contributed by atoms with Crippen LogP contribution in [0, 0.1) is 0 Å². The van der Waals surface area contributed by atoms with Gasteiger partial charge in [-0.1, -0.05) is 91.0 Å². The summed E-state index contributed by atoms with van der Waals surface area (Å²) in [5, 5.41) is 6.87. The molecule has 28 heavy (non-hydrogen) atoms. The van der Waals surface area contributed by atoms with Crippen LogP contribution in [-0.4, -0.2) is 18.5 Å². The summed E-state index contributed by atoms with van der Waals surface area (Å²) in [6, 6.07) is 31.0. The van der Waals surface area contributed by atoms with Crippen molar-refractivity contribution < 1.29 is 4.79 Å². The van der Waals surface area contributed by atoms with E-state index in [1.54, 1.807) is 0 Å². The van der Waals surface area contributed by atoms with Gasteiger partial charge in [-0.25, -0.2) is 0 Å². The number of benzene rings is 3. The Kier molecular flexibility index (Phi) is 5.54. The van der Waals surface area contributed by atoms with Crippen molar-refractivity contribution in [1.82, 2.24) is 10.6 Å². The van der Waals surface area contributed by atoms with E-state index in [2.05, 4.69) is 83.4 Å². The lowest BCUT2D eigenvalue weighted by molar-refractivity contribution is -0.123. The van der Waals surface area contributed by atoms with E-state index < -0.39 is 5.54 Å². The number of hydrogen-bond donors (Lipinski definition) is 2. The molecule has 0 aliphatic carbocycles. The molecule has 0 saturated carbocycles. The molecule has 3 aromatic rings. The zero-order valence-electron chi connectivity index (χ0n) is 16.0. The minimum atomic E-state index is -0.601. The van der Waals surface area contributed by atoms with Gasteiger partial charge in [0.2, 0.25) is 5.91 Å². The second-order valence-electron chi connectivity index (χ2n) is 7.33. The second kappa shape index (κ2) is 8.41. The zero-order valence-corrected chi connectivity index (χ0v) is 16.0. The molecule has 3 aromatic carbocycles. The highest BCUT2D eigenvalue weighted by atomic mass is 16.2. The third-order valence-electron chi connectivity index (χ3n) is 5.55. The summed E-state index contributed by atoms with van der Waals surface area (Å²) in [5.74, 6) is 0.0877. The van der Waals surface area contributed by atoms with Crippen LogP contribution in [0.15, 0.2) is 91.0 Å². The zero-order chi connectivity index (χ0) is 19.2. The van der Waals surface area contributed by atoms with Gasteiger partial charge in [-0.15, -0.1) is 0 Å². The maximum atomic E-state index is 12.8. The van der Waals surface area contributed by atoms with Gasteiger partial charge in [0.05, 0.1) is 11.6 Å². The van der Waals surface area contributed by atoms with Crippen molar-refractivity contribution in [3.8, 4) is 0 Å². The van der Waals surface area contributed by atoms with Crippen molar-refractivity contribution in [1.29, 1.82) is 0 Å². The van der Waals surface area contributed by atoms with Gasteiger partial charge in [0.1, 0.15) is 0 Å². The van der Waals surface area contributed by atoms with Crippen molar-refractivity contribution in [2.45, 2.75) is 30.8 Å². The average molecular weight is 370 g/mol. The minimum absolute atomic E-state index is 0.0877. The first kappa shape index (κ1) is 18.5. The molecule has 1 fully saturated rings. The summed E-state index contributed by atoms with van der Waals surface area (Å²) in [4.78, 5) is 12.8.